The van der Waals surface area contributed by atoms with E-state index >= 15 is 0 Å². The molecule has 32 heavy (non-hydrogen) atoms. The first-order valence-electron chi connectivity index (χ1n) is 10.1. The number of esters is 1. The predicted octanol–water partition coefficient (Wildman–Crippen LogP) is 4.71. The quantitative estimate of drug-likeness (QED) is 0.379. The van der Waals surface area contributed by atoms with Gasteiger partial charge in [0, 0.05) is 6.54 Å². The second-order valence-corrected chi connectivity index (χ2v) is 8.97. The van der Waals surface area contributed by atoms with Crippen LogP contribution in [0, 0.1) is 6.92 Å². The number of aryl methyl sites for hydroxylation is 1. The number of anilines is 1. The fraction of sp³-hybridized carbons (Fsp3) is 0.167. The van der Waals surface area contributed by atoms with Crippen LogP contribution in [-0.2, 0) is 21.4 Å². The molecule has 4 rings (SSSR count). The Morgan fingerprint density at radius 2 is 1.75 bits per heavy atom. The second-order valence-electron chi connectivity index (χ2n) is 7.14. The molecule has 0 aliphatic carbocycles. The summed E-state index contributed by atoms with van der Waals surface area (Å²) in [6.45, 7) is 3.55. The molecule has 0 bridgehead atoms. The van der Waals surface area contributed by atoms with Gasteiger partial charge in [0.15, 0.2) is 12.2 Å². The molecule has 0 saturated carbocycles. The standard InChI is InChI=1S/C24H22N2O5S/c1-3-26(19-9-5-4-6-10-19)32(28,29)22-15-18(14-13-17(22)2)24(27)30-16-23-25-20-11-7-8-12-21(20)31-23/h4-15H,3,16H2,1-2H3. The molecule has 0 aliphatic heterocycles. The number of nitrogens with zero attached hydrogens (tertiary/aromatic N) is 2. The lowest BCUT2D eigenvalue weighted by atomic mass is 10.1. The highest BCUT2D eigenvalue weighted by atomic mass is 32.2. The summed E-state index contributed by atoms with van der Waals surface area (Å²) in [6.07, 6.45) is 0. The molecule has 1 aromatic heterocycles. The number of carbonyl (C=O) groups is 1. The zero-order valence-corrected chi connectivity index (χ0v) is 18.5. The minimum absolute atomic E-state index is 0.0551. The number of oxazole rings is 1. The highest BCUT2D eigenvalue weighted by Crippen LogP contribution is 2.26. The summed E-state index contributed by atoms with van der Waals surface area (Å²) in [7, 11) is -3.88. The molecule has 0 aliphatic rings. The molecular weight excluding hydrogens is 428 g/mol. The van der Waals surface area contributed by atoms with E-state index < -0.39 is 16.0 Å². The van der Waals surface area contributed by atoms with Gasteiger partial charge in [0.2, 0.25) is 5.89 Å². The minimum Gasteiger partial charge on any atom is -0.452 e. The molecule has 1 heterocycles. The van der Waals surface area contributed by atoms with Crippen LogP contribution in [0.2, 0.25) is 0 Å². The normalized spacial score (nSPS) is 11.4. The number of benzene rings is 3. The highest BCUT2D eigenvalue weighted by molar-refractivity contribution is 7.92. The molecule has 0 radical (unpaired) electrons. The number of carbonyl (C=O) groups excluding carboxylic acids is 1. The number of hydrogen-bond donors (Lipinski definition) is 0. The van der Waals surface area contributed by atoms with Crippen molar-refractivity contribution in [2.45, 2.75) is 25.3 Å². The fourth-order valence-electron chi connectivity index (χ4n) is 3.40. The van der Waals surface area contributed by atoms with Crippen LogP contribution >= 0.6 is 0 Å². The molecule has 0 unspecified atom stereocenters. The van der Waals surface area contributed by atoms with Crippen molar-refractivity contribution in [3.63, 3.8) is 0 Å². The maximum absolute atomic E-state index is 13.4. The van der Waals surface area contributed by atoms with Gasteiger partial charge < -0.3 is 9.15 Å². The van der Waals surface area contributed by atoms with E-state index in [1.165, 1.54) is 10.4 Å². The van der Waals surface area contributed by atoms with Gasteiger partial charge in [-0.05, 0) is 55.8 Å². The Balaban J connectivity index is 1.58. The lowest BCUT2D eigenvalue weighted by Crippen LogP contribution is -2.31. The predicted molar refractivity (Wildman–Crippen MR) is 121 cm³/mol. The first kappa shape index (κ1) is 21.6. The van der Waals surface area contributed by atoms with Gasteiger partial charge in [-0.15, -0.1) is 0 Å². The summed E-state index contributed by atoms with van der Waals surface area (Å²) >= 11 is 0. The Labute approximate surface area is 186 Å². The van der Waals surface area contributed by atoms with Gasteiger partial charge in [0.25, 0.3) is 10.0 Å². The van der Waals surface area contributed by atoms with E-state index in [4.69, 9.17) is 9.15 Å². The van der Waals surface area contributed by atoms with Crippen LogP contribution in [0.1, 0.15) is 28.7 Å². The van der Waals surface area contributed by atoms with E-state index in [0.29, 0.717) is 22.4 Å². The molecule has 0 N–H and O–H groups in total. The summed E-state index contributed by atoms with van der Waals surface area (Å²) in [5.74, 6) is -0.396. The summed E-state index contributed by atoms with van der Waals surface area (Å²) in [4.78, 5) is 17.0. The van der Waals surface area contributed by atoms with E-state index in [2.05, 4.69) is 4.98 Å². The maximum atomic E-state index is 13.4. The van der Waals surface area contributed by atoms with E-state index in [-0.39, 0.29) is 29.5 Å². The molecule has 0 fully saturated rings. The number of aromatic nitrogens is 1. The van der Waals surface area contributed by atoms with Crippen molar-refractivity contribution in [2.75, 3.05) is 10.8 Å². The van der Waals surface area contributed by atoms with Gasteiger partial charge in [-0.2, -0.15) is 0 Å². The van der Waals surface area contributed by atoms with Crippen LogP contribution in [-0.4, -0.2) is 25.9 Å². The molecule has 0 amide bonds. The van der Waals surface area contributed by atoms with Crippen LogP contribution in [0.4, 0.5) is 5.69 Å². The van der Waals surface area contributed by atoms with Gasteiger partial charge in [0.1, 0.15) is 5.52 Å². The third-order valence-electron chi connectivity index (χ3n) is 4.99. The fourth-order valence-corrected chi connectivity index (χ4v) is 5.13. The molecular formula is C24H22N2O5S. The number of fused-ring (bicyclic) bond motifs is 1. The monoisotopic (exact) mass is 450 g/mol. The zero-order valence-electron chi connectivity index (χ0n) is 17.7. The minimum atomic E-state index is -3.88. The largest absolute Gasteiger partial charge is 0.452 e. The summed E-state index contributed by atoms with van der Waals surface area (Å²) in [5.41, 5.74) is 2.49. The second kappa shape index (κ2) is 8.84. The molecule has 8 heteroatoms. The molecule has 3 aromatic carbocycles. The molecule has 164 valence electrons. The van der Waals surface area contributed by atoms with Gasteiger partial charge in [0.05, 0.1) is 16.1 Å². The van der Waals surface area contributed by atoms with Crippen molar-refractivity contribution in [3.8, 4) is 0 Å². The van der Waals surface area contributed by atoms with E-state index in [0.717, 1.165) is 0 Å². The Bertz CT molecular complexity index is 1330. The zero-order chi connectivity index (χ0) is 22.7. The van der Waals surface area contributed by atoms with Crippen molar-refractivity contribution >= 4 is 32.8 Å². The molecule has 4 aromatic rings. The van der Waals surface area contributed by atoms with Gasteiger partial charge >= 0.3 is 5.97 Å². The molecule has 0 atom stereocenters. The average Bonchev–Trinajstić information content (AvgIpc) is 3.22. The number of para-hydroxylation sites is 3. The lowest BCUT2D eigenvalue weighted by molar-refractivity contribution is 0.0440. The van der Waals surface area contributed by atoms with Crippen molar-refractivity contribution < 1.29 is 22.4 Å². The van der Waals surface area contributed by atoms with E-state index in [1.54, 1.807) is 62.4 Å². The summed E-state index contributed by atoms with van der Waals surface area (Å²) in [6, 6.07) is 20.6. The average molecular weight is 451 g/mol. The van der Waals surface area contributed by atoms with Crippen LogP contribution < -0.4 is 4.31 Å². The third kappa shape index (κ3) is 4.22. The Hall–Kier alpha value is -3.65. The topological polar surface area (TPSA) is 89.7 Å². The molecule has 0 saturated heterocycles. The number of sulfonamides is 1. The first-order valence-corrected chi connectivity index (χ1v) is 11.5. The maximum Gasteiger partial charge on any atom is 0.338 e. The summed E-state index contributed by atoms with van der Waals surface area (Å²) < 4.78 is 39.0. The number of ether oxygens (including phenoxy) is 1. The Kier molecular flexibility index (Phi) is 5.96. The summed E-state index contributed by atoms with van der Waals surface area (Å²) in [5, 5.41) is 0. The van der Waals surface area contributed by atoms with Crippen molar-refractivity contribution in [2.24, 2.45) is 0 Å². The van der Waals surface area contributed by atoms with Crippen molar-refractivity contribution in [3.05, 3.63) is 89.8 Å². The van der Waals surface area contributed by atoms with E-state index in [9.17, 15) is 13.2 Å². The molecule has 7 nitrogen and oxygen atoms in total. The van der Waals surface area contributed by atoms with E-state index in [1.807, 2.05) is 18.2 Å². The molecule has 0 spiro atoms. The SMILES string of the molecule is CCN(c1ccccc1)S(=O)(=O)c1cc(C(=O)OCc2nc3ccccc3o2)ccc1C. The van der Waals surface area contributed by atoms with Gasteiger partial charge in [-0.25, -0.2) is 18.2 Å². The number of hydrogen-bond acceptors (Lipinski definition) is 6. The first-order chi connectivity index (χ1) is 15.4. The van der Waals surface area contributed by atoms with Crippen LogP contribution in [0.25, 0.3) is 11.1 Å². The Morgan fingerprint density at radius 3 is 2.47 bits per heavy atom. The lowest BCUT2D eigenvalue weighted by Gasteiger charge is -2.24. The third-order valence-corrected chi connectivity index (χ3v) is 7.03. The van der Waals surface area contributed by atoms with Crippen LogP contribution in [0.5, 0.6) is 0 Å². The van der Waals surface area contributed by atoms with Crippen molar-refractivity contribution in [1.82, 2.24) is 4.98 Å². The highest BCUT2D eigenvalue weighted by Gasteiger charge is 2.26. The van der Waals surface area contributed by atoms with Gasteiger partial charge in [-0.1, -0.05) is 36.4 Å². The van der Waals surface area contributed by atoms with Crippen LogP contribution in [0.15, 0.2) is 82.1 Å². The Morgan fingerprint density at radius 1 is 1.03 bits per heavy atom. The number of rotatable bonds is 7. The van der Waals surface area contributed by atoms with Gasteiger partial charge in [-0.3, -0.25) is 4.31 Å². The van der Waals surface area contributed by atoms with Crippen molar-refractivity contribution in [1.29, 1.82) is 0 Å². The van der Waals surface area contributed by atoms with Crippen LogP contribution in [0.3, 0.4) is 0 Å². The smallest absolute Gasteiger partial charge is 0.338 e.